The van der Waals surface area contributed by atoms with E-state index < -0.39 is 30.0 Å². The Morgan fingerprint density at radius 3 is 2.78 bits per heavy atom. The van der Waals surface area contributed by atoms with Crippen molar-refractivity contribution in [1.29, 1.82) is 0 Å². The molecule has 0 saturated heterocycles. The third-order valence-corrected chi connectivity index (χ3v) is 12.9. The molecule has 2 aromatic carbocycles. The number of nitrogens with one attached hydrogen (secondary N) is 1. The summed E-state index contributed by atoms with van der Waals surface area (Å²) in [5.41, 5.74) is 14.0. The van der Waals surface area contributed by atoms with Gasteiger partial charge in [-0.2, -0.15) is 0 Å². The first-order valence-corrected chi connectivity index (χ1v) is 20.1. The first-order valence-electron chi connectivity index (χ1n) is 20.1. The molecule has 1 spiro atoms. The van der Waals surface area contributed by atoms with Gasteiger partial charge in [-0.3, -0.25) is 19.7 Å². The zero-order valence-corrected chi connectivity index (χ0v) is 31.4. The van der Waals surface area contributed by atoms with Crippen molar-refractivity contribution in [3.8, 4) is 35.4 Å². The topological polar surface area (TPSA) is 131 Å². The van der Waals surface area contributed by atoms with Gasteiger partial charge in [0.15, 0.2) is 11.5 Å². The summed E-state index contributed by atoms with van der Waals surface area (Å²) in [6.07, 6.45) is 18.6. The summed E-state index contributed by atoms with van der Waals surface area (Å²) in [5.74, 6) is 11.8. The number of nitrogens with zero attached hydrogens (tertiary/aromatic N) is 2. The molecule has 5 aliphatic heterocycles. The second-order valence-electron chi connectivity index (χ2n) is 16.5. The van der Waals surface area contributed by atoms with E-state index >= 15 is 0 Å². The van der Waals surface area contributed by atoms with Crippen molar-refractivity contribution in [2.45, 2.75) is 102 Å². The summed E-state index contributed by atoms with van der Waals surface area (Å²) in [5, 5.41) is 22.7. The molecular formula is C46H49N4O5+. The van der Waals surface area contributed by atoms with E-state index in [1.54, 1.807) is 0 Å². The Morgan fingerprint density at radius 2 is 1.95 bits per heavy atom. The number of benzene rings is 2. The van der Waals surface area contributed by atoms with E-state index in [9.17, 15) is 15.0 Å². The van der Waals surface area contributed by atoms with Gasteiger partial charge in [0.05, 0.1) is 11.5 Å². The van der Waals surface area contributed by atoms with E-state index in [2.05, 4.69) is 54.1 Å². The quantitative estimate of drug-likeness (QED) is 0.250. The van der Waals surface area contributed by atoms with Crippen LogP contribution in [0.25, 0.3) is 0 Å². The zero-order chi connectivity index (χ0) is 37.7. The lowest BCUT2D eigenvalue weighted by molar-refractivity contribution is -0.891. The molecule has 0 amide bonds. The summed E-state index contributed by atoms with van der Waals surface area (Å²) in [6.45, 7) is 2.85. The van der Waals surface area contributed by atoms with Crippen molar-refractivity contribution in [3.63, 3.8) is 0 Å². The third-order valence-electron chi connectivity index (χ3n) is 12.9. The molecule has 9 nitrogen and oxygen atoms in total. The Bertz CT molecular complexity index is 2190. The maximum absolute atomic E-state index is 13.1. The predicted molar refractivity (Wildman–Crippen MR) is 210 cm³/mol. The van der Waals surface area contributed by atoms with Gasteiger partial charge in [-0.15, -0.1) is 0 Å². The number of fused-ring (bicyclic) bond motifs is 8. The van der Waals surface area contributed by atoms with Crippen molar-refractivity contribution in [2.75, 3.05) is 6.54 Å². The van der Waals surface area contributed by atoms with Crippen LogP contribution in [0.3, 0.4) is 0 Å². The summed E-state index contributed by atoms with van der Waals surface area (Å²) >= 11 is 0. The highest BCUT2D eigenvalue weighted by molar-refractivity contribution is 5.87. The van der Waals surface area contributed by atoms with Crippen LogP contribution in [-0.4, -0.2) is 47.3 Å². The SMILES string of the molecule is C[C@@H]1C=C[C@H]([C@@H](O)CC(=O)CCc2ccc3c(c2)O[C@@H]2[C@H](C#C[C@H](O)c4ccc5c(c4CC4=C6C[NH+]2C=C6N=C4)CC=N[C@@H]5N)C2(C#CO3)CCCC2)CC1. The van der Waals surface area contributed by atoms with Gasteiger partial charge in [0, 0.05) is 49.6 Å². The number of allylic oxidation sites excluding steroid dienone is 2. The number of aliphatic hydroxyl groups excluding tert-OH is 2. The van der Waals surface area contributed by atoms with Gasteiger partial charge < -0.3 is 25.4 Å². The lowest BCUT2D eigenvalue weighted by Crippen LogP contribution is -3.12. The molecule has 0 radical (unpaired) electrons. The van der Waals surface area contributed by atoms with E-state index in [1.165, 1.54) is 5.57 Å². The monoisotopic (exact) mass is 737 g/mol. The number of aryl methyl sites for hydroxylation is 1. The Labute approximate surface area is 323 Å². The van der Waals surface area contributed by atoms with Crippen LogP contribution >= 0.6 is 0 Å². The molecule has 282 valence electrons. The number of hydrogen-bond donors (Lipinski definition) is 4. The van der Waals surface area contributed by atoms with Gasteiger partial charge in [-0.1, -0.05) is 67.9 Å². The largest absolute Gasteiger partial charge is 0.437 e. The van der Waals surface area contributed by atoms with Crippen molar-refractivity contribution >= 4 is 18.2 Å². The molecule has 2 aliphatic carbocycles. The molecule has 1 fully saturated rings. The summed E-state index contributed by atoms with van der Waals surface area (Å²) in [6, 6.07) is 9.77. The average Bonchev–Trinajstić information content (AvgIpc) is 3.93. The van der Waals surface area contributed by atoms with Gasteiger partial charge in [0.1, 0.15) is 48.5 Å². The molecule has 2 bridgehead atoms. The van der Waals surface area contributed by atoms with E-state index in [0.717, 1.165) is 82.5 Å². The minimum atomic E-state index is -1.03. The number of hydrogen-bond acceptors (Lipinski definition) is 8. The number of ether oxygens (including phenoxy) is 2. The lowest BCUT2D eigenvalue weighted by Gasteiger charge is -2.36. The van der Waals surface area contributed by atoms with Gasteiger partial charge >= 0.3 is 0 Å². The second-order valence-corrected chi connectivity index (χ2v) is 16.5. The van der Waals surface area contributed by atoms with E-state index in [1.807, 2.05) is 42.8 Å². The highest BCUT2D eigenvalue weighted by atomic mass is 16.5. The highest BCUT2D eigenvalue weighted by Gasteiger charge is 2.51. The van der Waals surface area contributed by atoms with Gasteiger partial charge in [-0.25, -0.2) is 0 Å². The molecular weight excluding hydrogens is 689 g/mol. The molecule has 8 atom stereocenters. The molecule has 55 heavy (non-hydrogen) atoms. The minimum absolute atomic E-state index is 0.0347. The van der Waals surface area contributed by atoms with Crippen LogP contribution in [0.15, 0.2) is 75.5 Å². The van der Waals surface area contributed by atoms with Crippen molar-refractivity contribution in [1.82, 2.24) is 0 Å². The number of carbonyl (C=O) groups is 1. The number of aliphatic hydroxyl groups is 2. The number of carbonyl (C=O) groups excluding carboxylic acids is 1. The van der Waals surface area contributed by atoms with E-state index in [-0.39, 0.29) is 24.0 Å². The highest BCUT2D eigenvalue weighted by Crippen LogP contribution is 2.47. The van der Waals surface area contributed by atoms with Gasteiger partial charge in [0.2, 0.25) is 0 Å². The molecule has 5 N–H and O–H groups in total. The van der Waals surface area contributed by atoms with Crippen LogP contribution in [0.5, 0.6) is 11.5 Å². The molecule has 7 aliphatic rings. The molecule has 9 rings (SSSR count). The number of nitrogens with two attached hydrogens (primary N) is 1. The average molecular weight is 738 g/mol. The zero-order valence-electron chi connectivity index (χ0n) is 31.4. The Kier molecular flexibility index (Phi) is 9.60. The normalized spacial score (nSPS) is 29.8. The smallest absolute Gasteiger partial charge is 0.252 e. The number of aliphatic imine (C=N–C) groups is 2. The summed E-state index contributed by atoms with van der Waals surface area (Å²) in [7, 11) is 0. The maximum Gasteiger partial charge on any atom is 0.252 e. The lowest BCUT2D eigenvalue weighted by atomic mass is 9.73. The van der Waals surface area contributed by atoms with Crippen LogP contribution in [0, 0.1) is 47.0 Å². The van der Waals surface area contributed by atoms with E-state index in [0.29, 0.717) is 49.6 Å². The minimum Gasteiger partial charge on any atom is -0.437 e. The second kappa shape index (κ2) is 14.7. The van der Waals surface area contributed by atoms with Gasteiger partial charge in [0.25, 0.3) is 6.23 Å². The number of Topliss-reactive ketones (excluding diaryl/α,β-unsaturated/α-hetero) is 1. The standard InChI is InChI=1S/C46H48N4O5/c1-28-4-8-30(9-5-28)41(53)24-32(51)10-6-29-7-15-42-43(22-29)55-45-38(46(19-21-54-42)17-2-3-18-46)13-14-40(52)34-11-12-35-33(16-20-48-44(35)47)36(34)23-31-25-49-39-27-50(45)26-37(31)39/h4,7-8,11-12,15,20,22,25,27-28,30,38,40-41,44-45,52-53H,2-3,5-6,9-10,16-18,23-24,26,47H2,1H3/p+1/t28-,30+,38+,40+,41+,44+,45-/m1/s1. The first-order chi connectivity index (χ1) is 26.7. The molecule has 9 heteroatoms. The molecule has 2 aromatic rings. The van der Waals surface area contributed by atoms with Crippen LogP contribution < -0.4 is 20.1 Å². The number of quaternary nitrogens is 1. The van der Waals surface area contributed by atoms with Gasteiger partial charge in [-0.05, 0) is 83.5 Å². The Balaban J connectivity index is 1.06. The van der Waals surface area contributed by atoms with Crippen LogP contribution in [0.1, 0.15) is 98.4 Å². The number of rotatable bonds is 6. The fourth-order valence-corrected chi connectivity index (χ4v) is 9.70. The predicted octanol–water partition coefficient (Wildman–Crippen LogP) is 4.77. The van der Waals surface area contributed by atoms with E-state index in [4.69, 9.17) is 20.2 Å². The van der Waals surface area contributed by atoms with Crippen molar-refractivity contribution in [3.05, 3.63) is 93.3 Å². The maximum atomic E-state index is 13.1. The fraction of sp³-hybridized carbons (Fsp3) is 0.457. The molecule has 1 saturated carbocycles. The van der Waals surface area contributed by atoms with Crippen molar-refractivity contribution in [2.24, 2.45) is 38.9 Å². The molecule has 1 unspecified atom stereocenters. The van der Waals surface area contributed by atoms with Crippen LogP contribution in [0.4, 0.5) is 0 Å². The summed E-state index contributed by atoms with van der Waals surface area (Å²) in [4.78, 5) is 23.5. The van der Waals surface area contributed by atoms with Crippen molar-refractivity contribution < 1.29 is 29.4 Å². The first kappa shape index (κ1) is 35.9. The van der Waals surface area contributed by atoms with Crippen LogP contribution in [-0.2, 0) is 24.1 Å². The molecule has 5 heterocycles. The Morgan fingerprint density at radius 1 is 1.09 bits per heavy atom. The summed E-state index contributed by atoms with van der Waals surface area (Å²) < 4.78 is 13.3. The van der Waals surface area contributed by atoms with Crippen LogP contribution in [0.2, 0.25) is 0 Å². The molecule has 0 aromatic heterocycles. The fourth-order valence-electron chi connectivity index (χ4n) is 9.70. The Hall–Kier alpha value is -4.77. The third kappa shape index (κ3) is 6.89. The number of ketones is 1.